The number of aromatic nitrogens is 1. The van der Waals surface area contributed by atoms with Crippen LogP contribution in [0.1, 0.15) is 5.01 Å². The van der Waals surface area contributed by atoms with E-state index in [0.717, 1.165) is 32.9 Å². The van der Waals surface area contributed by atoms with E-state index in [1.165, 1.54) is 6.20 Å². The van der Waals surface area contributed by atoms with Crippen molar-refractivity contribution in [3.8, 4) is 0 Å². The topological polar surface area (TPSA) is 73.0 Å². The Morgan fingerprint density at radius 2 is 1.62 bits per heavy atom. The van der Waals surface area contributed by atoms with E-state index in [-0.39, 0.29) is 10.8 Å². The molecular weight excluding hydrogens is 340 g/mol. The van der Waals surface area contributed by atoms with E-state index in [0.29, 0.717) is 9.90 Å². The molecule has 4 aromatic rings. The maximum absolute atomic E-state index is 13.2. The second-order valence-electron chi connectivity index (χ2n) is 5.42. The van der Waals surface area contributed by atoms with Crippen molar-refractivity contribution < 1.29 is 8.42 Å². The summed E-state index contributed by atoms with van der Waals surface area (Å²) in [5.74, 6) is 0. The molecule has 1 heterocycles. The van der Waals surface area contributed by atoms with Crippen LogP contribution < -0.4 is 5.73 Å². The summed E-state index contributed by atoms with van der Waals surface area (Å²) in [6.45, 7) is 0.235. The Hall–Kier alpha value is -2.28. The molecule has 2 N–H and O–H groups in total. The van der Waals surface area contributed by atoms with Gasteiger partial charge in [0, 0.05) is 11.9 Å². The number of hydrogen-bond donors (Lipinski definition) is 1. The minimum absolute atomic E-state index is 0.225. The summed E-state index contributed by atoms with van der Waals surface area (Å²) >= 11 is 1.12. The normalized spacial score (nSPS) is 12.0. The molecule has 0 spiro atoms. The molecule has 0 aliphatic carbocycles. The molecule has 1 aromatic heterocycles. The Morgan fingerprint density at radius 1 is 0.958 bits per heavy atom. The first-order valence-corrected chi connectivity index (χ1v) is 9.71. The summed E-state index contributed by atoms with van der Waals surface area (Å²) in [6, 6.07) is 17.1. The van der Waals surface area contributed by atoms with E-state index >= 15 is 0 Å². The van der Waals surface area contributed by atoms with Crippen LogP contribution in [-0.4, -0.2) is 13.4 Å². The molecule has 0 radical (unpaired) electrons. The van der Waals surface area contributed by atoms with Crippen LogP contribution in [0.25, 0.3) is 21.5 Å². The van der Waals surface area contributed by atoms with Crippen LogP contribution in [0.5, 0.6) is 0 Å². The van der Waals surface area contributed by atoms with Gasteiger partial charge in [-0.3, -0.25) is 0 Å². The van der Waals surface area contributed by atoms with Crippen LogP contribution in [0.15, 0.2) is 69.9 Å². The van der Waals surface area contributed by atoms with E-state index in [2.05, 4.69) is 4.98 Å². The predicted octanol–water partition coefficient (Wildman–Crippen LogP) is 3.74. The maximum Gasteiger partial charge on any atom is 0.218 e. The molecule has 24 heavy (non-hydrogen) atoms. The Balaban J connectivity index is 2.08. The van der Waals surface area contributed by atoms with Gasteiger partial charge in [0.1, 0.15) is 9.22 Å². The summed E-state index contributed by atoms with van der Waals surface area (Å²) in [5, 5.41) is 4.20. The van der Waals surface area contributed by atoms with Crippen LogP contribution in [0, 0.1) is 0 Å². The Morgan fingerprint density at radius 3 is 2.33 bits per heavy atom. The largest absolute Gasteiger partial charge is 0.325 e. The zero-order valence-electron chi connectivity index (χ0n) is 12.6. The molecule has 0 aliphatic rings. The number of nitrogens with zero attached hydrogens (tertiary/aromatic N) is 1. The van der Waals surface area contributed by atoms with E-state index in [9.17, 15) is 8.42 Å². The van der Waals surface area contributed by atoms with Crippen LogP contribution in [0.3, 0.4) is 0 Å². The smallest absolute Gasteiger partial charge is 0.218 e. The van der Waals surface area contributed by atoms with Gasteiger partial charge in [0.05, 0.1) is 11.1 Å². The summed E-state index contributed by atoms with van der Waals surface area (Å²) < 4.78 is 26.5. The van der Waals surface area contributed by atoms with Crippen molar-refractivity contribution >= 4 is 42.7 Å². The average molecular weight is 354 g/mol. The fourth-order valence-electron chi connectivity index (χ4n) is 2.86. The molecule has 0 saturated carbocycles. The Labute approximate surface area is 143 Å². The van der Waals surface area contributed by atoms with Crippen LogP contribution in [-0.2, 0) is 16.4 Å². The van der Waals surface area contributed by atoms with Crippen LogP contribution >= 0.6 is 11.3 Å². The first kappa shape index (κ1) is 15.3. The number of sulfone groups is 1. The van der Waals surface area contributed by atoms with E-state index < -0.39 is 9.84 Å². The van der Waals surface area contributed by atoms with Gasteiger partial charge in [-0.1, -0.05) is 48.5 Å². The zero-order chi connectivity index (χ0) is 16.7. The highest BCUT2D eigenvalue weighted by Crippen LogP contribution is 2.35. The lowest BCUT2D eigenvalue weighted by atomic mass is 10.0. The van der Waals surface area contributed by atoms with Gasteiger partial charge in [-0.05, 0) is 22.2 Å². The van der Waals surface area contributed by atoms with Crippen molar-refractivity contribution in [2.24, 2.45) is 5.73 Å². The predicted molar refractivity (Wildman–Crippen MR) is 96.9 cm³/mol. The molecule has 4 rings (SSSR count). The van der Waals surface area contributed by atoms with E-state index in [4.69, 9.17) is 5.73 Å². The number of hydrogen-bond acceptors (Lipinski definition) is 5. The van der Waals surface area contributed by atoms with Gasteiger partial charge >= 0.3 is 0 Å². The summed E-state index contributed by atoms with van der Waals surface area (Å²) in [7, 11) is -3.65. The van der Waals surface area contributed by atoms with Crippen molar-refractivity contribution in [1.82, 2.24) is 4.98 Å². The van der Waals surface area contributed by atoms with E-state index in [1.54, 1.807) is 6.07 Å². The minimum atomic E-state index is -3.65. The van der Waals surface area contributed by atoms with Crippen molar-refractivity contribution in [3.05, 3.63) is 65.8 Å². The fourth-order valence-corrected chi connectivity index (χ4v) is 5.54. The van der Waals surface area contributed by atoms with Gasteiger partial charge in [-0.2, -0.15) is 0 Å². The molecule has 3 aromatic carbocycles. The lowest BCUT2D eigenvalue weighted by Crippen LogP contribution is -2.01. The molecule has 0 unspecified atom stereocenters. The van der Waals surface area contributed by atoms with Gasteiger partial charge < -0.3 is 5.73 Å². The molecule has 0 amide bonds. The number of benzene rings is 3. The molecule has 6 heteroatoms. The Kier molecular flexibility index (Phi) is 3.60. The first-order valence-electron chi connectivity index (χ1n) is 7.41. The summed E-state index contributed by atoms with van der Waals surface area (Å²) in [5.41, 5.74) is 5.56. The fraction of sp³-hybridized carbons (Fsp3) is 0.0556. The summed E-state index contributed by atoms with van der Waals surface area (Å²) in [6.07, 6.45) is 1.39. The molecule has 0 atom stereocenters. The van der Waals surface area contributed by atoms with Gasteiger partial charge in [0.2, 0.25) is 9.84 Å². The van der Waals surface area contributed by atoms with Crippen molar-refractivity contribution in [2.45, 2.75) is 15.6 Å². The van der Waals surface area contributed by atoms with Gasteiger partial charge in [0.15, 0.2) is 0 Å². The molecule has 0 saturated heterocycles. The van der Waals surface area contributed by atoms with Crippen molar-refractivity contribution in [1.29, 1.82) is 0 Å². The van der Waals surface area contributed by atoms with E-state index in [1.807, 2.05) is 48.5 Å². The van der Waals surface area contributed by atoms with Crippen LogP contribution in [0.4, 0.5) is 0 Å². The first-order chi connectivity index (χ1) is 11.6. The molecular formula is C18H14N2O2S2. The monoisotopic (exact) mass is 354 g/mol. The maximum atomic E-state index is 13.2. The lowest BCUT2D eigenvalue weighted by molar-refractivity contribution is 0.599. The standard InChI is InChI=1S/C18H14N2O2S2/c19-10-17-20-11-18(23-17)24(21,22)16-9-12-5-1-2-6-13(12)14-7-3-4-8-15(14)16/h1-9,11H,10,19H2. The number of rotatable bonds is 3. The third-order valence-electron chi connectivity index (χ3n) is 3.99. The van der Waals surface area contributed by atoms with Crippen LogP contribution in [0.2, 0.25) is 0 Å². The van der Waals surface area contributed by atoms with Gasteiger partial charge in [0.25, 0.3) is 0 Å². The van der Waals surface area contributed by atoms with Crippen molar-refractivity contribution in [3.63, 3.8) is 0 Å². The number of nitrogens with two attached hydrogens (primary N) is 1. The average Bonchev–Trinajstić information content (AvgIpc) is 3.11. The third kappa shape index (κ3) is 2.31. The zero-order valence-corrected chi connectivity index (χ0v) is 14.3. The van der Waals surface area contributed by atoms with Crippen molar-refractivity contribution in [2.75, 3.05) is 0 Å². The second kappa shape index (κ2) is 5.66. The second-order valence-corrected chi connectivity index (χ2v) is 8.68. The highest BCUT2D eigenvalue weighted by atomic mass is 32.2. The molecule has 0 bridgehead atoms. The lowest BCUT2D eigenvalue weighted by Gasteiger charge is -2.10. The molecule has 0 fully saturated rings. The highest BCUT2D eigenvalue weighted by Gasteiger charge is 2.24. The quantitative estimate of drug-likeness (QED) is 0.569. The number of fused-ring (bicyclic) bond motifs is 3. The SMILES string of the molecule is NCc1ncc(S(=O)(=O)c2cc3ccccc3c3ccccc23)s1. The van der Waals surface area contributed by atoms with Gasteiger partial charge in [-0.15, -0.1) is 11.3 Å². The number of thiazole rings is 1. The summed E-state index contributed by atoms with van der Waals surface area (Å²) in [4.78, 5) is 4.39. The third-order valence-corrected chi connectivity index (χ3v) is 7.27. The molecule has 0 aliphatic heterocycles. The minimum Gasteiger partial charge on any atom is -0.325 e. The Bertz CT molecular complexity index is 1160. The molecule has 4 nitrogen and oxygen atoms in total. The highest BCUT2D eigenvalue weighted by molar-refractivity contribution is 7.93. The van der Waals surface area contributed by atoms with Gasteiger partial charge in [-0.25, -0.2) is 13.4 Å². The molecule has 120 valence electrons.